The summed E-state index contributed by atoms with van der Waals surface area (Å²) in [5, 5.41) is 10.8. The van der Waals surface area contributed by atoms with Crippen LogP contribution in [0.3, 0.4) is 0 Å². The minimum absolute atomic E-state index is 0.0572. The molecule has 8 nitrogen and oxygen atoms in total. The molecular formula is C29H31N3O5S. The number of carbonyl (C=O) groups excluding carboxylic acids is 2. The Labute approximate surface area is 223 Å². The number of nitrogens with zero attached hydrogens (tertiary/aromatic N) is 2. The maximum absolute atomic E-state index is 13.8. The monoisotopic (exact) mass is 533 g/mol. The van der Waals surface area contributed by atoms with Crippen molar-refractivity contribution in [2.75, 3.05) is 13.7 Å². The second-order valence-electron chi connectivity index (χ2n) is 9.50. The molecule has 1 fully saturated rings. The fourth-order valence-corrected chi connectivity index (χ4v) is 6.28. The smallest absolute Gasteiger partial charge is 0.311 e. The molecule has 0 saturated heterocycles. The zero-order chi connectivity index (χ0) is 27.3. The Bertz CT molecular complexity index is 1460. The number of likely N-dealkylation sites (N-methyl/N-ethyl adjacent to an activating group) is 1. The highest BCUT2D eigenvalue weighted by Gasteiger charge is 2.40. The molecule has 0 bridgehead atoms. The third-order valence-electron chi connectivity index (χ3n) is 7.06. The lowest BCUT2D eigenvalue weighted by Crippen LogP contribution is -2.52. The van der Waals surface area contributed by atoms with Crippen LogP contribution < -0.4 is 4.72 Å². The molecule has 3 aromatic rings. The van der Waals surface area contributed by atoms with Gasteiger partial charge in [0.05, 0.1) is 29.1 Å². The van der Waals surface area contributed by atoms with Gasteiger partial charge < -0.3 is 9.64 Å². The Kier molecular flexibility index (Phi) is 8.45. The third-order valence-corrected chi connectivity index (χ3v) is 8.53. The highest BCUT2D eigenvalue weighted by atomic mass is 32.2. The molecule has 2 unspecified atom stereocenters. The molecule has 198 valence electrons. The first-order valence-corrected chi connectivity index (χ1v) is 14.1. The number of benzene rings is 3. The summed E-state index contributed by atoms with van der Waals surface area (Å²) in [4.78, 5) is 27.9. The third kappa shape index (κ3) is 6.04. The number of nitriles is 1. The first kappa shape index (κ1) is 27.3. The van der Waals surface area contributed by atoms with Crippen LogP contribution in [0.15, 0.2) is 71.6 Å². The highest BCUT2D eigenvalue weighted by Crippen LogP contribution is 2.31. The van der Waals surface area contributed by atoms with Gasteiger partial charge in [0, 0.05) is 13.1 Å². The Hall–Kier alpha value is -3.74. The lowest BCUT2D eigenvalue weighted by molar-refractivity contribution is -0.151. The summed E-state index contributed by atoms with van der Waals surface area (Å²) in [5.74, 6) is -1.22. The van der Waals surface area contributed by atoms with E-state index in [0.717, 1.165) is 17.2 Å². The summed E-state index contributed by atoms with van der Waals surface area (Å²) in [7, 11) is -2.45. The van der Waals surface area contributed by atoms with Crippen LogP contribution in [0.25, 0.3) is 10.8 Å². The number of carbonyl (C=O) groups is 2. The van der Waals surface area contributed by atoms with Crippen molar-refractivity contribution in [3.63, 3.8) is 0 Å². The van der Waals surface area contributed by atoms with Crippen molar-refractivity contribution in [3.05, 3.63) is 77.9 Å². The normalized spacial score (nSPS) is 18.0. The van der Waals surface area contributed by atoms with Crippen LogP contribution in [0, 0.1) is 17.2 Å². The van der Waals surface area contributed by atoms with E-state index in [4.69, 9.17) is 10.00 Å². The molecule has 0 heterocycles. The molecule has 1 saturated carbocycles. The van der Waals surface area contributed by atoms with Gasteiger partial charge in [0.15, 0.2) is 0 Å². The maximum atomic E-state index is 13.8. The molecule has 0 aromatic heterocycles. The van der Waals surface area contributed by atoms with E-state index in [9.17, 15) is 18.0 Å². The molecule has 38 heavy (non-hydrogen) atoms. The summed E-state index contributed by atoms with van der Waals surface area (Å²) in [6.07, 6.45) is 2.10. The molecule has 0 radical (unpaired) electrons. The van der Waals surface area contributed by atoms with Crippen molar-refractivity contribution in [1.82, 2.24) is 9.62 Å². The zero-order valence-electron chi connectivity index (χ0n) is 21.5. The lowest BCUT2D eigenvalue weighted by Gasteiger charge is -2.32. The molecule has 4 rings (SSSR count). The molecule has 3 atom stereocenters. The molecule has 0 spiro atoms. The highest BCUT2D eigenvalue weighted by molar-refractivity contribution is 7.89. The van der Waals surface area contributed by atoms with Crippen molar-refractivity contribution in [3.8, 4) is 6.07 Å². The molecule has 3 aromatic carbocycles. The predicted octanol–water partition coefficient (Wildman–Crippen LogP) is 3.79. The number of ether oxygens (including phenoxy) is 1. The van der Waals surface area contributed by atoms with E-state index < -0.39 is 27.9 Å². The Morgan fingerprint density at radius 2 is 1.79 bits per heavy atom. The fourth-order valence-electron chi connectivity index (χ4n) is 5.06. The molecule has 9 heteroatoms. The second-order valence-corrected chi connectivity index (χ2v) is 11.2. The summed E-state index contributed by atoms with van der Waals surface area (Å²) in [6, 6.07) is 19.5. The molecule has 1 aliphatic carbocycles. The van der Waals surface area contributed by atoms with Gasteiger partial charge in [-0.25, -0.2) is 8.42 Å². The summed E-state index contributed by atoms with van der Waals surface area (Å²) in [5.41, 5.74) is 1.17. The van der Waals surface area contributed by atoms with E-state index in [1.807, 2.05) is 24.3 Å². The Morgan fingerprint density at radius 1 is 1.08 bits per heavy atom. The van der Waals surface area contributed by atoms with Crippen molar-refractivity contribution in [2.45, 2.75) is 49.6 Å². The van der Waals surface area contributed by atoms with Crippen LogP contribution in [-0.2, 0) is 30.8 Å². The van der Waals surface area contributed by atoms with Crippen molar-refractivity contribution >= 4 is 32.7 Å². The number of esters is 1. The van der Waals surface area contributed by atoms with Crippen LogP contribution in [0.4, 0.5) is 0 Å². The van der Waals surface area contributed by atoms with Crippen LogP contribution in [-0.4, -0.2) is 50.9 Å². The quantitative estimate of drug-likeness (QED) is 0.418. The SMILES string of the molecule is CCOC(=O)C1CCCC1N(C)C(=O)[C@H](Cc1ccc(C#N)cc1)NS(=O)(=O)c1ccc2ccccc2c1. The zero-order valence-corrected chi connectivity index (χ0v) is 22.3. The van der Waals surface area contributed by atoms with Gasteiger partial charge in [-0.15, -0.1) is 0 Å². The van der Waals surface area contributed by atoms with Gasteiger partial charge in [-0.3, -0.25) is 9.59 Å². The minimum atomic E-state index is -4.07. The Balaban J connectivity index is 1.63. The first-order chi connectivity index (χ1) is 18.2. The van der Waals surface area contributed by atoms with E-state index >= 15 is 0 Å². The van der Waals surface area contributed by atoms with Gasteiger partial charge in [-0.1, -0.05) is 48.9 Å². The van der Waals surface area contributed by atoms with Crippen molar-refractivity contribution in [2.24, 2.45) is 5.92 Å². The van der Waals surface area contributed by atoms with Gasteiger partial charge in [0.1, 0.15) is 6.04 Å². The van der Waals surface area contributed by atoms with Gasteiger partial charge >= 0.3 is 5.97 Å². The summed E-state index contributed by atoms with van der Waals surface area (Å²) < 4.78 is 34.8. The van der Waals surface area contributed by atoms with Gasteiger partial charge in [-0.2, -0.15) is 9.98 Å². The van der Waals surface area contributed by atoms with E-state index in [2.05, 4.69) is 10.8 Å². The summed E-state index contributed by atoms with van der Waals surface area (Å²) in [6.45, 7) is 2.00. The van der Waals surface area contributed by atoms with Gasteiger partial charge in [0.2, 0.25) is 15.9 Å². The number of hydrogen-bond acceptors (Lipinski definition) is 6. The largest absolute Gasteiger partial charge is 0.466 e. The van der Waals surface area contributed by atoms with Crippen LogP contribution in [0.5, 0.6) is 0 Å². The van der Waals surface area contributed by atoms with Crippen molar-refractivity contribution < 1.29 is 22.7 Å². The number of hydrogen-bond donors (Lipinski definition) is 1. The fraction of sp³-hybridized carbons (Fsp3) is 0.345. The number of rotatable bonds is 9. The number of sulfonamides is 1. The van der Waals surface area contributed by atoms with E-state index in [1.54, 1.807) is 50.4 Å². The minimum Gasteiger partial charge on any atom is -0.466 e. The van der Waals surface area contributed by atoms with Crippen LogP contribution in [0.2, 0.25) is 0 Å². The number of fused-ring (bicyclic) bond motifs is 1. The van der Waals surface area contributed by atoms with Gasteiger partial charge in [-0.05, 0) is 66.8 Å². The maximum Gasteiger partial charge on any atom is 0.311 e. The van der Waals surface area contributed by atoms with Crippen LogP contribution >= 0.6 is 0 Å². The lowest BCUT2D eigenvalue weighted by atomic mass is 10.00. The Morgan fingerprint density at radius 3 is 2.47 bits per heavy atom. The topological polar surface area (TPSA) is 117 Å². The molecule has 0 aliphatic heterocycles. The van der Waals surface area contributed by atoms with Gasteiger partial charge in [0.25, 0.3) is 0 Å². The predicted molar refractivity (Wildman–Crippen MR) is 143 cm³/mol. The second kappa shape index (κ2) is 11.8. The standard InChI is InChI=1S/C29H31N3O5S/c1-3-37-29(34)25-9-6-10-27(25)32(2)28(33)26(17-20-11-13-21(19-30)14-12-20)31-38(35,36)24-16-15-22-7-4-5-8-23(22)18-24/h4-5,7-8,11-16,18,25-27,31H,3,6,9-10,17H2,1-2H3/t25?,26-,27?/m0/s1. The van der Waals surface area contributed by atoms with E-state index in [1.165, 1.54) is 11.0 Å². The van der Waals surface area contributed by atoms with Crippen molar-refractivity contribution in [1.29, 1.82) is 5.26 Å². The summed E-state index contributed by atoms with van der Waals surface area (Å²) >= 11 is 0. The average molecular weight is 534 g/mol. The number of amides is 1. The molecular weight excluding hydrogens is 502 g/mol. The first-order valence-electron chi connectivity index (χ1n) is 12.7. The number of nitrogens with one attached hydrogen (secondary N) is 1. The van der Waals surface area contributed by atoms with E-state index in [-0.39, 0.29) is 29.9 Å². The van der Waals surface area contributed by atoms with Crippen LogP contribution in [0.1, 0.15) is 37.3 Å². The molecule has 1 amide bonds. The molecule has 1 aliphatic rings. The molecule has 1 N–H and O–H groups in total. The van der Waals surface area contributed by atoms with E-state index in [0.29, 0.717) is 24.0 Å². The average Bonchev–Trinajstić information content (AvgIpc) is 3.42.